The van der Waals surface area contributed by atoms with Crippen molar-refractivity contribution in [2.24, 2.45) is 29.6 Å². The molecular weight excluding hydrogens is 827 g/mol. The van der Waals surface area contributed by atoms with Crippen LogP contribution in [0.15, 0.2) is 65.8 Å². The Morgan fingerprint density at radius 1 is 0.877 bits per heavy atom. The predicted molar refractivity (Wildman–Crippen MR) is 249 cm³/mol. The summed E-state index contributed by atoms with van der Waals surface area (Å²) in [6.07, 6.45) is 5.55. The topological polar surface area (TPSA) is 158 Å². The van der Waals surface area contributed by atoms with Gasteiger partial charge >= 0.3 is 5.97 Å². The number of esters is 1. The Balaban J connectivity index is 1.32. The lowest BCUT2D eigenvalue weighted by atomic mass is 9.75. The molecule has 2 aromatic rings. The van der Waals surface area contributed by atoms with Crippen molar-refractivity contribution in [3.05, 3.63) is 71.3 Å². The van der Waals surface area contributed by atoms with Crippen LogP contribution in [0.5, 0.6) is 0 Å². The molecule has 14 atom stereocenters. The van der Waals surface area contributed by atoms with E-state index in [-0.39, 0.29) is 55.4 Å². The normalized spacial score (nSPS) is 36.7. The second-order valence-corrected chi connectivity index (χ2v) is 19.8. The van der Waals surface area contributed by atoms with Gasteiger partial charge in [0.1, 0.15) is 24.0 Å². The zero-order valence-electron chi connectivity index (χ0n) is 40.2. The van der Waals surface area contributed by atoms with E-state index in [0.29, 0.717) is 32.1 Å². The van der Waals surface area contributed by atoms with Crippen LogP contribution in [-0.2, 0) is 42.9 Å². The third-order valence-electron chi connectivity index (χ3n) is 15.1. The fraction of sp³-hybridized carbons (Fsp3) is 0.660. The molecule has 0 spiro atoms. The number of benzene rings is 2. The molecule has 65 heavy (non-hydrogen) atoms. The van der Waals surface area contributed by atoms with Gasteiger partial charge in [-0.25, -0.2) is 4.79 Å². The Kier molecular flexibility index (Phi) is 17.4. The van der Waals surface area contributed by atoms with Gasteiger partial charge in [-0.15, -0.1) is 0 Å². The van der Waals surface area contributed by atoms with E-state index in [1.807, 2.05) is 39.0 Å². The van der Waals surface area contributed by atoms with Gasteiger partial charge in [0.25, 0.3) is 11.7 Å². The highest BCUT2D eigenvalue weighted by atomic mass is 16.7. The molecule has 0 aromatic heterocycles. The summed E-state index contributed by atoms with van der Waals surface area (Å²) in [5.41, 5.74) is 2.97. The lowest BCUT2D eigenvalue weighted by molar-refractivity contribution is -0.302. The zero-order valence-corrected chi connectivity index (χ0v) is 40.2. The first kappa shape index (κ1) is 50.6. The van der Waals surface area contributed by atoms with E-state index in [4.69, 9.17) is 23.7 Å². The molecule has 1 amide bonds. The maximum absolute atomic E-state index is 14.6. The highest BCUT2D eigenvalue weighted by molar-refractivity contribution is 6.39. The minimum absolute atomic E-state index is 0.0371. The van der Waals surface area contributed by atoms with Gasteiger partial charge in [-0.2, -0.15) is 0 Å². The maximum atomic E-state index is 14.6. The Labute approximate surface area is 386 Å². The summed E-state index contributed by atoms with van der Waals surface area (Å²) in [7, 11) is 4.84. The van der Waals surface area contributed by atoms with E-state index in [1.165, 1.54) is 21.2 Å². The zero-order chi connectivity index (χ0) is 47.2. The fourth-order valence-electron chi connectivity index (χ4n) is 11.2. The van der Waals surface area contributed by atoms with E-state index < -0.39 is 77.8 Å². The summed E-state index contributed by atoms with van der Waals surface area (Å²) < 4.78 is 30.6. The van der Waals surface area contributed by atoms with Crippen molar-refractivity contribution in [3.63, 3.8) is 0 Å². The van der Waals surface area contributed by atoms with Crippen LogP contribution in [0, 0.1) is 29.6 Å². The van der Waals surface area contributed by atoms with Gasteiger partial charge in [-0.05, 0) is 112 Å². The van der Waals surface area contributed by atoms with Crippen molar-refractivity contribution in [2.75, 3.05) is 27.9 Å². The second kappa shape index (κ2) is 22.3. The molecule has 3 fully saturated rings. The lowest BCUT2D eigenvalue weighted by Crippen LogP contribution is -2.64. The van der Waals surface area contributed by atoms with E-state index in [9.17, 15) is 29.4 Å². The first-order chi connectivity index (χ1) is 31.0. The molecule has 3 aliphatic heterocycles. The van der Waals surface area contributed by atoms with E-state index in [2.05, 4.69) is 43.3 Å². The van der Waals surface area contributed by atoms with Gasteiger partial charge < -0.3 is 38.8 Å². The summed E-state index contributed by atoms with van der Waals surface area (Å²) >= 11 is 0. The molecule has 2 N–H and O–H groups in total. The number of aliphatic hydroxyl groups is 2. The Bertz CT molecular complexity index is 2050. The Hall–Kier alpha value is -3.78. The number of piperidine rings is 1. The molecule has 2 aromatic carbocycles. The van der Waals surface area contributed by atoms with Crippen LogP contribution < -0.4 is 0 Å². The highest BCUT2D eigenvalue weighted by Gasteiger charge is 2.56. The summed E-state index contributed by atoms with van der Waals surface area (Å²) in [6.45, 7) is 11.5. The molecule has 6 rings (SSSR count). The number of allylic oxidation sites excluding steroid dienone is 3. The van der Waals surface area contributed by atoms with Gasteiger partial charge in [0.05, 0.1) is 24.4 Å². The molecule has 4 aliphatic rings. The number of nitrogens with zero attached hydrogens (tertiary/aromatic N) is 1. The van der Waals surface area contributed by atoms with Crippen molar-refractivity contribution in [2.45, 2.75) is 167 Å². The van der Waals surface area contributed by atoms with Crippen molar-refractivity contribution in [1.82, 2.24) is 4.90 Å². The van der Waals surface area contributed by atoms with Gasteiger partial charge in [0.15, 0.2) is 0 Å². The van der Waals surface area contributed by atoms with Crippen LogP contribution in [0.4, 0.5) is 0 Å². The smallest absolute Gasteiger partial charge is 0.329 e. The molecular formula is C53H75NO11. The number of ether oxygens (including phenoxy) is 5. The molecule has 14 unspecified atom stereocenters. The van der Waals surface area contributed by atoms with Crippen LogP contribution in [0.1, 0.15) is 124 Å². The number of methoxy groups -OCH3 is 3. The van der Waals surface area contributed by atoms with E-state index in [0.717, 1.165) is 30.4 Å². The largest absolute Gasteiger partial charge is 0.456 e. The summed E-state index contributed by atoms with van der Waals surface area (Å²) in [6, 6.07) is 13.8. The number of fused-ring (bicyclic) bond motifs is 4. The summed E-state index contributed by atoms with van der Waals surface area (Å²) in [5.74, 6) is -7.12. The average Bonchev–Trinajstić information content (AvgIpc) is 3.30. The Morgan fingerprint density at radius 3 is 2.26 bits per heavy atom. The number of carbonyl (C=O) groups is 4. The number of carbonyl (C=O) groups excluding carboxylic acids is 4. The molecule has 358 valence electrons. The standard InChI is InChI=1S/C53H75NO11/c1-10-37-24-31(2)23-32(3)25-46(62-8)49-47(63-9)27-34(5)53(60,65-49)50(57)51(58)54-22-14-13-17-42(54)52(59)64-48(35(6)43(55)30-44(37)56)33(4)26-36-18-21-41(45(28-36)61-7)40-20-19-38-15-11-12-16-39(38)29-40/h11-12,15-16,19-20,24,26,29,32,34-37,41-43,45-49,55,60H,10,13-14,17-18,21-23,25,27-28,30H2,1-9H3. The number of aliphatic hydroxyl groups excluding tert-OH is 1. The van der Waals surface area contributed by atoms with Gasteiger partial charge in [0, 0.05) is 58.0 Å². The lowest BCUT2D eigenvalue weighted by Gasteiger charge is -2.47. The molecule has 3 heterocycles. The quantitative estimate of drug-likeness (QED) is 0.157. The van der Waals surface area contributed by atoms with Crippen LogP contribution in [0.3, 0.4) is 0 Å². The monoisotopic (exact) mass is 902 g/mol. The van der Waals surface area contributed by atoms with Gasteiger partial charge in [0.2, 0.25) is 5.79 Å². The van der Waals surface area contributed by atoms with Crippen LogP contribution in [0.2, 0.25) is 0 Å². The second-order valence-electron chi connectivity index (χ2n) is 19.8. The summed E-state index contributed by atoms with van der Waals surface area (Å²) in [4.78, 5) is 58.5. The maximum Gasteiger partial charge on any atom is 0.329 e. The van der Waals surface area contributed by atoms with Crippen LogP contribution in [-0.4, -0.2) is 115 Å². The van der Waals surface area contributed by atoms with E-state index >= 15 is 0 Å². The summed E-state index contributed by atoms with van der Waals surface area (Å²) in [5, 5.41) is 26.4. The predicted octanol–water partition coefficient (Wildman–Crippen LogP) is 8.05. The number of hydrogen-bond acceptors (Lipinski definition) is 11. The Morgan fingerprint density at radius 2 is 1.57 bits per heavy atom. The molecule has 12 nitrogen and oxygen atoms in total. The highest BCUT2D eigenvalue weighted by Crippen LogP contribution is 2.41. The average molecular weight is 902 g/mol. The minimum atomic E-state index is -2.50. The molecule has 2 saturated heterocycles. The molecule has 12 heteroatoms. The third-order valence-corrected chi connectivity index (χ3v) is 15.1. The van der Waals surface area contributed by atoms with Crippen LogP contribution in [0.25, 0.3) is 10.8 Å². The number of rotatable bonds is 7. The number of ketones is 2. The molecule has 0 radical (unpaired) electrons. The third kappa shape index (κ3) is 11.5. The molecule has 1 aliphatic carbocycles. The van der Waals surface area contributed by atoms with E-state index in [1.54, 1.807) is 35.2 Å². The number of hydrogen-bond donors (Lipinski definition) is 2. The van der Waals surface area contributed by atoms with Crippen molar-refractivity contribution >= 4 is 34.2 Å². The van der Waals surface area contributed by atoms with Crippen molar-refractivity contribution in [1.29, 1.82) is 0 Å². The van der Waals surface area contributed by atoms with Crippen LogP contribution >= 0.6 is 0 Å². The van der Waals surface area contributed by atoms with Crippen molar-refractivity contribution < 1.29 is 53.1 Å². The van der Waals surface area contributed by atoms with Gasteiger partial charge in [-0.1, -0.05) is 87.9 Å². The first-order valence-corrected chi connectivity index (χ1v) is 24.1. The first-order valence-electron chi connectivity index (χ1n) is 24.1. The van der Waals surface area contributed by atoms with Crippen molar-refractivity contribution in [3.8, 4) is 0 Å². The van der Waals surface area contributed by atoms with Gasteiger partial charge in [-0.3, -0.25) is 14.4 Å². The molecule has 1 saturated carbocycles. The SMILES string of the molecule is CCC1C=C(C)CC(C)CC(OC)C2OC(O)(C(=O)C(=O)N3CCCCC3C(=O)OC(C(C)=CC3CCC(c4ccc5ccccc5c4)C(OC)C3)C(C)C(O)CC1=O)C(C)CC2OC. The number of cyclic esters (lactones) is 1. The number of amides is 1. The fourth-order valence-corrected chi connectivity index (χ4v) is 11.2. The number of Topliss-reactive ketones (excluding diaryl/α,β-unsaturated/α-hetero) is 2. The molecule has 2 bridgehead atoms. The minimum Gasteiger partial charge on any atom is -0.456 e.